The van der Waals surface area contributed by atoms with Gasteiger partial charge in [0.05, 0.1) is 12.7 Å². The number of carbonyl (C=O) groups is 2. The summed E-state index contributed by atoms with van der Waals surface area (Å²) >= 11 is 0. The van der Waals surface area contributed by atoms with E-state index in [9.17, 15) is 18.4 Å². The van der Waals surface area contributed by atoms with Crippen LogP contribution in [-0.2, 0) is 16.1 Å². The molecule has 1 aliphatic rings. The van der Waals surface area contributed by atoms with Gasteiger partial charge in [-0.25, -0.2) is 13.5 Å². The van der Waals surface area contributed by atoms with Gasteiger partial charge in [0.1, 0.15) is 17.5 Å². The Balaban J connectivity index is 1.58. The van der Waals surface area contributed by atoms with Crippen molar-refractivity contribution in [3.05, 3.63) is 47.2 Å². The molecular weight excluding hydrogens is 354 g/mol. The molecule has 1 fully saturated rings. The van der Waals surface area contributed by atoms with Crippen molar-refractivity contribution in [1.29, 1.82) is 0 Å². The third-order valence-corrected chi connectivity index (χ3v) is 4.71. The summed E-state index contributed by atoms with van der Waals surface area (Å²) in [5.74, 6) is -0.481. The average molecular weight is 376 g/mol. The lowest BCUT2D eigenvalue weighted by atomic mass is 10.2. The molecule has 27 heavy (non-hydrogen) atoms. The van der Waals surface area contributed by atoms with Gasteiger partial charge in [-0.1, -0.05) is 6.92 Å². The van der Waals surface area contributed by atoms with Gasteiger partial charge < -0.3 is 10.6 Å². The Hall–Kier alpha value is -2.77. The fourth-order valence-electron chi connectivity index (χ4n) is 2.90. The van der Waals surface area contributed by atoms with Crippen molar-refractivity contribution in [2.45, 2.75) is 33.2 Å². The molecule has 2 aromatic rings. The van der Waals surface area contributed by atoms with Crippen LogP contribution in [0, 0.1) is 30.4 Å². The van der Waals surface area contributed by atoms with E-state index >= 15 is 0 Å². The second-order valence-electron chi connectivity index (χ2n) is 6.98. The Kier molecular flexibility index (Phi) is 5.53. The maximum absolute atomic E-state index is 13.9. The van der Waals surface area contributed by atoms with Gasteiger partial charge in [0.15, 0.2) is 0 Å². The molecule has 1 aromatic carbocycles. The molecule has 1 aliphatic carbocycles. The van der Waals surface area contributed by atoms with Gasteiger partial charge in [-0.3, -0.25) is 9.59 Å². The predicted molar refractivity (Wildman–Crippen MR) is 96.0 cm³/mol. The minimum absolute atomic E-state index is 0.0106. The fourth-order valence-corrected chi connectivity index (χ4v) is 2.90. The second kappa shape index (κ2) is 7.85. The summed E-state index contributed by atoms with van der Waals surface area (Å²) in [6.45, 7) is 4.02. The highest BCUT2D eigenvalue weighted by Crippen LogP contribution is 2.37. The quantitative estimate of drug-likeness (QED) is 0.780. The molecule has 1 aromatic heterocycles. The number of carbonyl (C=O) groups excluding carboxylic acids is 2. The van der Waals surface area contributed by atoms with E-state index in [0.717, 1.165) is 24.6 Å². The topological polar surface area (TPSA) is 76.0 Å². The van der Waals surface area contributed by atoms with Gasteiger partial charge in [-0.2, -0.15) is 5.10 Å². The van der Waals surface area contributed by atoms with Gasteiger partial charge in [0.25, 0.3) is 0 Å². The highest BCUT2D eigenvalue weighted by molar-refractivity contribution is 5.91. The molecule has 0 unspecified atom stereocenters. The zero-order valence-corrected chi connectivity index (χ0v) is 15.3. The van der Waals surface area contributed by atoms with Crippen LogP contribution in [0.1, 0.15) is 30.9 Å². The SMILES string of the molecule is Cc1cnn(Cc2cc(F)ccc2F)c1NC(=O)CCNC(=O)[C@@H]1C[C@H]1C. The van der Waals surface area contributed by atoms with Crippen LogP contribution in [0.3, 0.4) is 0 Å². The molecule has 3 rings (SSSR count). The molecule has 0 radical (unpaired) electrons. The minimum atomic E-state index is -0.543. The number of benzene rings is 1. The Morgan fingerprint density at radius 2 is 2.07 bits per heavy atom. The van der Waals surface area contributed by atoms with E-state index in [4.69, 9.17) is 0 Å². The van der Waals surface area contributed by atoms with E-state index in [1.807, 2.05) is 6.92 Å². The Labute approximate surface area is 155 Å². The first-order chi connectivity index (χ1) is 12.8. The summed E-state index contributed by atoms with van der Waals surface area (Å²) in [6.07, 6.45) is 2.56. The Bertz CT molecular complexity index is 865. The van der Waals surface area contributed by atoms with Crippen LogP contribution in [0.5, 0.6) is 0 Å². The Morgan fingerprint density at radius 1 is 1.33 bits per heavy atom. The molecule has 0 bridgehead atoms. The third kappa shape index (κ3) is 4.69. The van der Waals surface area contributed by atoms with E-state index in [0.29, 0.717) is 17.3 Å². The summed E-state index contributed by atoms with van der Waals surface area (Å²) in [4.78, 5) is 23.9. The number of nitrogens with zero attached hydrogens (tertiary/aromatic N) is 2. The minimum Gasteiger partial charge on any atom is -0.355 e. The van der Waals surface area contributed by atoms with Crippen molar-refractivity contribution < 1.29 is 18.4 Å². The third-order valence-electron chi connectivity index (χ3n) is 4.71. The standard InChI is InChI=1S/C19H22F2N4O2/c1-11-7-15(11)19(27)22-6-5-17(26)24-18-12(2)9-23-25(18)10-13-8-14(20)3-4-16(13)21/h3-4,8-9,11,15H,5-7,10H2,1-2H3,(H,22,27)(H,24,26)/t11-,15-/m1/s1. The lowest BCUT2D eigenvalue weighted by molar-refractivity contribution is -0.122. The maximum atomic E-state index is 13.9. The number of aryl methyl sites for hydroxylation is 1. The molecule has 1 heterocycles. The van der Waals surface area contributed by atoms with Crippen LogP contribution in [-0.4, -0.2) is 28.1 Å². The molecule has 144 valence electrons. The molecule has 0 aliphatic heterocycles. The van der Waals surface area contributed by atoms with Crippen molar-refractivity contribution in [2.24, 2.45) is 11.8 Å². The normalized spacial score (nSPS) is 18.2. The highest BCUT2D eigenvalue weighted by Gasteiger charge is 2.38. The van der Waals surface area contributed by atoms with Crippen molar-refractivity contribution in [3.8, 4) is 0 Å². The molecule has 0 spiro atoms. The molecule has 2 atom stereocenters. The zero-order chi connectivity index (χ0) is 19.6. The van der Waals surface area contributed by atoms with Crippen LogP contribution in [0.15, 0.2) is 24.4 Å². The molecular formula is C19H22F2N4O2. The lowest BCUT2D eigenvalue weighted by Gasteiger charge is -2.11. The first kappa shape index (κ1) is 19.0. The van der Waals surface area contributed by atoms with Crippen LogP contribution < -0.4 is 10.6 Å². The van der Waals surface area contributed by atoms with Crippen LogP contribution >= 0.6 is 0 Å². The van der Waals surface area contributed by atoms with E-state index in [-0.39, 0.29) is 42.8 Å². The van der Waals surface area contributed by atoms with Gasteiger partial charge in [-0.15, -0.1) is 0 Å². The van der Waals surface area contributed by atoms with E-state index in [1.54, 1.807) is 13.1 Å². The summed E-state index contributed by atoms with van der Waals surface area (Å²) in [5.41, 5.74) is 0.843. The summed E-state index contributed by atoms with van der Waals surface area (Å²) in [5, 5.41) is 9.62. The number of hydrogen-bond acceptors (Lipinski definition) is 3. The predicted octanol–water partition coefficient (Wildman–Crippen LogP) is 2.62. The monoisotopic (exact) mass is 376 g/mol. The molecule has 1 saturated carbocycles. The molecule has 0 saturated heterocycles. The largest absolute Gasteiger partial charge is 0.355 e. The number of nitrogens with one attached hydrogen (secondary N) is 2. The highest BCUT2D eigenvalue weighted by atomic mass is 19.1. The summed E-state index contributed by atoms with van der Waals surface area (Å²) in [6, 6.07) is 3.21. The summed E-state index contributed by atoms with van der Waals surface area (Å²) in [7, 11) is 0. The van der Waals surface area contributed by atoms with Crippen molar-refractivity contribution in [1.82, 2.24) is 15.1 Å². The number of anilines is 1. The lowest BCUT2D eigenvalue weighted by Crippen LogP contribution is -2.29. The van der Waals surface area contributed by atoms with Crippen LogP contribution in [0.25, 0.3) is 0 Å². The van der Waals surface area contributed by atoms with E-state index < -0.39 is 11.6 Å². The Morgan fingerprint density at radius 3 is 2.78 bits per heavy atom. The molecule has 8 heteroatoms. The van der Waals surface area contributed by atoms with Gasteiger partial charge >= 0.3 is 0 Å². The van der Waals surface area contributed by atoms with Crippen molar-refractivity contribution in [3.63, 3.8) is 0 Å². The number of halogens is 2. The van der Waals surface area contributed by atoms with Crippen molar-refractivity contribution >= 4 is 17.6 Å². The average Bonchev–Trinajstić information content (AvgIpc) is 3.27. The smallest absolute Gasteiger partial charge is 0.227 e. The second-order valence-corrected chi connectivity index (χ2v) is 6.98. The number of rotatable bonds is 7. The number of aromatic nitrogens is 2. The van der Waals surface area contributed by atoms with Gasteiger partial charge in [0, 0.05) is 30.0 Å². The van der Waals surface area contributed by atoms with Crippen molar-refractivity contribution in [2.75, 3.05) is 11.9 Å². The summed E-state index contributed by atoms with van der Waals surface area (Å²) < 4.78 is 28.6. The molecule has 2 N–H and O–H groups in total. The molecule has 2 amide bonds. The van der Waals surface area contributed by atoms with E-state index in [2.05, 4.69) is 15.7 Å². The van der Waals surface area contributed by atoms with Crippen LogP contribution in [0.4, 0.5) is 14.6 Å². The number of hydrogen-bond donors (Lipinski definition) is 2. The van der Waals surface area contributed by atoms with E-state index in [1.165, 1.54) is 4.68 Å². The molecule has 6 nitrogen and oxygen atoms in total. The first-order valence-corrected chi connectivity index (χ1v) is 8.89. The fraction of sp³-hybridized carbons (Fsp3) is 0.421. The maximum Gasteiger partial charge on any atom is 0.227 e. The number of amides is 2. The first-order valence-electron chi connectivity index (χ1n) is 8.89. The van der Waals surface area contributed by atoms with Gasteiger partial charge in [-0.05, 0) is 37.5 Å². The van der Waals surface area contributed by atoms with Crippen LogP contribution in [0.2, 0.25) is 0 Å². The van der Waals surface area contributed by atoms with Gasteiger partial charge in [0.2, 0.25) is 11.8 Å². The zero-order valence-electron chi connectivity index (χ0n) is 15.3.